The molecule has 1 aromatic carbocycles. The number of carbonyl (C=O) groups is 1. The molecule has 0 aliphatic heterocycles. The molecule has 0 spiro atoms. The van der Waals surface area contributed by atoms with Crippen molar-refractivity contribution in [2.24, 2.45) is 0 Å². The van der Waals surface area contributed by atoms with Gasteiger partial charge in [0, 0.05) is 24.5 Å². The largest absolute Gasteiger partial charge is 0.347 e. The molecule has 1 aromatic heterocycles. The van der Waals surface area contributed by atoms with Crippen molar-refractivity contribution in [2.45, 2.75) is 25.3 Å². The summed E-state index contributed by atoms with van der Waals surface area (Å²) in [6.45, 7) is 4.24. The van der Waals surface area contributed by atoms with Crippen molar-refractivity contribution in [3.05, 3.63) is 45.4 Å². The number of carbonyl (C=O) groups excluding carboxylic acids is 1. The Hall–Kier alpha value is -1.77. The molecule has 0 unspecified atom stereocenters. The molecule has 2 rings (SSSR count). The first-order valence-electron chi connectivity index (χ1n) is 6.95. The number of nitrogens with one attached hydrogen (secondary N) is 1. The van der Waals surface area contributed by atoms with E-state index in [2.05, 4.69) is 10.3 Å². The molecule has 8 heteroatoms. The predicted octanol–water partition coefficient (Wildman–Crippen LogP) is 1.94. The van der Waals surface area contributed by atoms with Crippen molar-refractivity contribution in [1.82, 2.24) is 14.6 Å². The van der Waals surface area contributed by atoms with E-state index in [9.17, 15) is 13.2 Å². The van der Waals surface area contributed by atoms with Crippen molar-refractivity contribution >= 4 is 27.3 Å². The second-order valence-electron chi connectivity index (χ2n) is 5.24. The summed E-state index contributed by atoms with van der Waals surface area (Å²) < 4.78 is 25.1. The molecular weight excluding hydrogens is 334 g/mol. The van der Waals surface area contributed by atoms with E-state index >= 15 is 0 Å². The molecule has 1 N–H and O–H groups in total. The fraction of sp³-hybridized carbons (Fsp3) is 0.333. The number of hydrogen-bond donors (Lipinski definition) is 1. The van der Waals surface area contributed by atoms with E-state index in [4.69, 9.17) is 0 Å². The summed E-state index contributed by atoms with van der Waals surface area (Å²) in [5, 5.41) is 3.78. The Morgan fingerprint density at radius 3 is 2.30 bits per heavy atom. The molecule has 0 saturated carbocycles. The monoisotopic (exact) mass is 353 g/mol. The van der Waals surface area contributed by atoms with Crippen LogP contribution in [0, 0.1) is 13.8 Å². The number of sulfonamides is 1. The van der Waals surface area contributed by atoms with Crippen LogP contribution in [0.5, 0.6) is 0 Å². The quantitative estimate of drug-likeness (QED) is 0.891. The van der Waals surface area contributed by atoms with E-state index in [1.807, 2.05) is 13.8 Å². The van der Waals surface area contributed by atoms with Gasteiger partial charge in [0.05, 0.1) is 22.1 Å². The maximum absolute atomic E-state index is 12.1. The second-order valence-corrected chi connectivity index (χ2v) is 8.68. The third-order valence-electron chi connectivity index (χ3n) is 3.30. The summed E-state index contributed by atoms with van der Waals surface area (Å²) in [7, 11) is -0.547. The summed E-state index contributed by atoms with van der Waals surface area (Å²) in [5.74, 6) is -0.246. The summed E-state index contributed by atoms with van der Waals surface area (Å²) in [5.41, 5.74) is 1.34. The topological polar surface area (TPSA) is 79.4 Å². The molecule has 0 aliphatic carbocycles. The van der Waals surface area contributed by atoms with Crippen LogP contribution in [0.25, 0.3) is 0 Å². The smallest absolute Gasteiger partial charge is 0.251 e. The Morgan fingerprint density at radius 1 is 1.22 bits per heavy atom. The van der Waals surface area contributed by atoms with E-state index in [0.717, 1.165) is 19.9 Å². The molecule has 1 heterocycles. The van der Waals surface area contributed by atoms with Gasteiger partial charge in [-0.15, -0.1) is 11.3 Å². The number of nitrogens with zero attached hydrogens (tertiary/aromatic N) is 2. The molecule has 0 fully saturated rings. The molecule has 124 valence electrons. The van der Waals surface area contributed by atoms with E-state index in [-0.39, 0.29) is 10.8 Å². The van der Waals surface area contributed by atoms with Gasteiger partial charge in [0.1, 0.15) is 0 Å². The van der Waals surface area contributed by atoms with Crippen LogP contribution in [0.15, 0.2) is 29.2 Å². The van der Waals surface area contributed by atoms with Crippen LogP contribution in [0.3, 0.4) is 0 Å². The maximum atomic E-state index is 12.1. The lowest BCUT2D eigenvalue weighted by atomic mass is 10.2. The molecule has 2 aromatic rings. The van der Waals surface area contributed by atoms with Crippen molar-refractivity contribution < 1.29 is 13.2 Å². The third kappa shape index (κ3) is 3.95. The molecule has 0 atom stereocenters. The second kappa shape index (κ2) is 6.77. The predicted molar refractivity (Wildman–Crippen MR) is 90.1 cm³/mol. The van der Waals surface area contributed by atoms with Gasteiger partial charge in [-0.05, 0) is 38.1 Å². The van der Waals surface area contributed by atoms with Crippen molar-refractivity contribution in [3.63, 3.8) is 0 Å². The molecule has 0 saturated heterocycles. The number of thiazole rings is 1. The van der Waals surface area contributed by atoms with Crippen molar-refractivity contribution in [1.29, 1.82) is 0 Å². The van der Waals surface area contributed by atoms with Crippen molar-refractivity contribution in [2.75, 3.05) is 14.1 Å². The summed E-state index contributed by atoms with van der Waals surface area (Å²) in [4.78, 5) is 17.6. The van der Waals surface area contributed by atoms with Crippen LogP contribution in [-0.2, 0) is 16.6 Å². The van der Waals surface area contributed by atoms with Gasteiger partial charge in [0.25, 0.3) is 5.91 Å². The summed E-state index contributed by atoms with van der Waals surface area (Å²) >= 11 is 1.55. The van der Waals surface area contributed by atoms with Gasteiger partial charge in [-0.3, -0.25) is 4.79 Å². The lowest BCUT2D eigenvalue weighted by molar-refractivity contribution is 0.0951. The van der Waals surface area contributed by atoms with E-state index in [0.29, 0.717) is 12.1 Å². The maximum Gasteiger partial charge on any atom is 0.251 e. The highest BCUT2D eigenvalue weighted by molar-refractivity contribution is 7.89. The lowest BCUT2D eigenvalue weighted by Crippen LogP contribution is -2.24. The minimum absolute atomic E-state index is 0.160. The fourth-order valence-corrected chi connectivity index (χ4v) is 3.77. The van der Waals surface area contributed by atoms with Gasteiger partial charge < -0.3 is 5.32 Å². The van der Waals surface area contributed by atoms with E-state index < -0.39 is 10.0 Å². The first-order chi connectivity index (χ1) is 10.7. The van der Waals surface area contributed by atoms with Crippen LogP contribution in [0.4, 0.5) is 0 Å². The van der Waals surface area contributed by atoms with Crippen molar-refractivity contribution in [3.8, 4) is 0 Å². The zero-order valence-electron chi connectivity index (χ0n) is 13.5. The van der Waals surface area contributed by atoms with Crippen LogP contribution in [0.2, 0.25) is 0 Å². The number of amides is 1. The SMILES string of the molecule is Cc1nc(C)c(CNC(=O)c2ccc(S(=O)(=O)N(C)C)cc2)s1. The average Bonchev–Trinajstić information content (AvgIpc) is 2.82. The summed E-state index contributed by atoms with van der Waals surface area (Å²) in [6.07, 6.45) is 0. The Morgan fingerprint density at radius 2 is 1.83 bits per heavy atom. The number of hydrogen-bond acceptors (Lipinski definition) is 5. The Bertz CT molecular complexity index is 809. The van der Waals surface area contributed by atoms with Gasteiger partial charge >= 0.3 is 0 Å². The number of benzene rings is 1. The summed E-state index contributed by atoms with van der Waals surface area (Å²) in [6, 6.07) is 5.89. The van der Waals surface area contributed by atoms with Gasteiger partial charge in [0.2, 0.25) is 10.0 Å². The Labute approximate surface area is 140 Å². The zero-order valence-corrected chi connectivity index (χ0v) is 15.1. The standard InChI is InChI=1S/C15H19N3O3S2/c1-10-14(22-11(2)17-10)9-16-15(19)12-5-7-13(8-6-12)23(20,21)18(3)4/h5-8H,9H2,1-4H3,(H,16,19). The van der Waals surface area contributed by atoms with E-state index in [1.165, 1.54) is 38.4 Å². The minimum Gasteiger partial charge on any atom is -0.347 e. The highest BCUT2D eigenvalue weighted by Crippen LogP contribution is 2.17. The fourth-order valence-electron chi connectivity index (χ4n) is 1.99. The van der Waals surface area contributed by atoms with Gasteiger partial charge in [0.15, 0.2) is 0 Å². The van der Waals surface area contributed by atoms with Crippen LogP contribution in [-0.4, -0.2) is 37.7 Å². The molecule has 1 amide bonds. The molecule has 6 nitrogen and oxygen atoms in total. The molecule has 0 bridgehead atoms. The Kier molecular flexibility index (Phi) is 5.18. The minimum atomic E-state index is -3.48. The molecule has 0 aliphatic rings. The molecule has 0 radical (unpaired) electrons. The Balaban J connectivity index is 2.07. The zero-order chi connectivity index (χ0) is 17.2. The normalized spacial score (nSPS) is 11.7. The highest BCUT2D eigenvalue weighted by atomic mass is 32.2. The average molecular weight is 353 g/mol. The first-order valence-corrected chi connectivity index (χ1v) is 9.21. The van der Waals surface area contributed by atoms with E-state index in [1.54, 1.807) is 11.3 Å². The number of rotatable bonds is 5. The number of aryl methyl sites for hydroxylation is 2. The lowest BCUT2D eigenvalue weighted by Gasteiger charge is -2.11. The first kappa shape index (κ1) is 17.6. The third-order valence-corrected chi connectivity index (χ3v) is 6.21. The van der Waals surface area contributed by atoms with Crippen LogP contribution >= 0.6 is 11.3 Å². The number of aromatic nitrogens is 1. The van der Waals surface area contributed by atoms with Crippen LogP contribution in [0.1, 0.15) is 25.9 Å². The van der Waals surface area contributed by atoms with Gasteiger partial charge in [-0.25, -0.2) is 17.7 Å². The van der Waals surface area contributed by atoms with Gasteiger partial charge in [-0.2, -0.15) is 0 Å². The van der Waals surface area contributed by atoms with Gasteiger partial charge in [-0.1, -0.05) is 0 Å². The molecular formula is C15H19N3O3S2. The highest BCUT2D eigenvalue weighted by Gasteiger charge is 2.17. The van der Waals surface area contributed by atoms with Crippen LogP contribution < -0.4 is 5.32 Å². The molecule has 23 heavy (non-hydrogen) atoms.